The van der Waals surface area contributed by atoms with E-state index in [1.54, 1.807) is 13.1 Å². The molecule has 0 fully saturated rings. The zero-order chi connectivity index (χ0) is 10.6. The Kier molecular flexibility index (Phi) is 3.46. The third kappa shape index (κ3) is 2.46. The number of nitrogens with zero attached hydrogens (tertiary/aromatic N) is 1. The fraction of sp³-hybridized carbons (Fsp3) is 0.250. The fourth-order valence-electron chi connectivity index (χ4n) is 1.18. The van der Waals surface area contributed by atoms with E-state index in [0.717, 1.165) is 5.57 Å². The lowest BCUT2D eigenvalue weighted by atomic mass is 10.0. The SMILES string of the molecule is C/N=C1\C(O)=CC=C\C1=C\C=C(C)C. The summed E-state index contributed by atoms with van der Waals surface area (Å²) in [5, 5.41) is 9.52. The van der Waals surface area contributed by atoms with E-state index in [1.165, 1.54) is 5.57 Å². The van der Waals surface area contributed by atoms with Crippen molar-refractivity contribution in [2.24, 2.45) is 4.99 Å². The molecule has 0 bridgehead atoms. The number of allylic oxidation sites excluding steroid dienone is 7. The maximum absolute atomic E-state index is 9.52. The van der Waals surface area contributed by atoms with Crippen LogP contribution in [0.1, 0.15) is 13.8 Å². The molecule has 0 radical (unpaired) electrons. The molecule has 0 aromatic heterocycles. The van der Waals surface area contributed by atoms with Crippen molar-refractivity contribution in [2.45, 2.75) is 13.8 Å². The Hall–Kier alpha value is -1.57. The second-order valence-corrected chi connectivity index (χ2v) is 3.35. The van der Waals surface area contributed by atoms with E-state index < -0.39 is 0 Å². The molecule has 0 aromatic carbocycles. The van der Waals surface area contributed by atoms with Crippen LogP contribution in [0.4, 0.5) is 0 Å². The highest BCUT2D eigenvalue weighted by atomic mass is 16.3. The molecule has 2 nitrogen and oxygen atoms in total. The van der Waals surface area contributed by atoms with E-state index in [9.17, 15) is 5.11 Å². The van der Waals surface area contributed by atoms with Gasteiger partial charge in [0.2, 0.25) is 0 Å². The first-order valence-electron chi connectivity index (χ1n) is 4.55. The summed E-state index contributed by atoms with van der Waals surface area (Å²) in [5.74, 6) is 0.225. The quantitative estimate of drug-likeness (QED) is 0.675. The minimum atomic E-state index is 0.225. The van der Waals surface area contributed by atoms with Crippen LogP contribution in [0.3, 0.4) is 0 Å². The molecule has 0 amide bonds. The molecule has 0 spiro atoms. The maximum Gasteiger partial charge on any atom is 0.141 e. The van der Waals surface area contributed by atoms with Gasteiger partial charge in [-0.2, -0.15) is 0 Å². The molecule has 1 N–H and O–H groups in total. The van der Waals surface area contributed by atoms with E-state index in [1.807, 2.05) is 38.2 Å². The first-order chi connectivity index (χ1) is 6.65. The largest absolute Gasteiger partial charge is 0.506 e. The lowest BCUT2D eigenvalue weighted by Crippen LogP contribution is -2.07. The van der Waals surface area contributed by atoms with Crippen LogP contribution in [-0.2, 0) is 0 Å². The Morgan fingerprint density at radius 1 is 1.43 bits per heavy atom. The molecule has 0 aromatic rings. The molecule has 74 valence electrons. The number of aliphatic hydroxyl groups excluding tert-OH is 1. The third-order valence-electron chi connectivity index (χ3n) is 1.87. The van der Waals surface area contributed by atoms with Crippen LogP contribution in [0.2, 0.25) is 0 Å². The molecular formula is C12H15NO. The van der Waals surface area contributed by atoms with Gasteiger partial charge in [0.25, 0.3) is 0 Å². The third-order valence-corrected chi connectivity index (χ3v) is 1.87. The van der Waals surface area contributed by atoms with Crippen LogP contribution in [0.5, 0.6) is 0 Å². The van der Waals surface area contributed by atoms with Gasteiger partial charge in [-0.15, -0.1) is 0 Å². The minimum absolute atomic E-state index is 0.225. The highest BCUT2D eigenvalue weighted by molar-refractivity contribution is 6.13. The summed E-state index contributed by atoms with van der Waals surface area (Å²) in [5.41, 5.74) is 2.80. The van der Waals surface area contributed by atoms with Crippen molar-refractivity contribution in [3.63, 3.8) is 0 Å². The van der Waals surface area contributed by atoms with Crippen LogP contribution in [-0.4, -0.2) is 17.9 Å². The Labute approximate surface area is 84.7 Å². The molecule has 0 unspecified atom stereocenters. The smallest absolute Gasteiger partial charge is 0.141 e. The van der Waals surface area contributed by atoms with Crippen molar-refractivity contribution in [3.8, 4) is 0 Å². The first kappa shape index (κ1) is 10.5. The number of aliphatic hydroxyl groups is 1. The van der Waals surface area contributed by atoms with Gasteiger partial charge in [-0.05, 0) is 19.9 Å². The molecule has 1 aliphatic carbocycles. The van der Waals surface area contributed by atoms with Gasteiger partial charge in [0.1, 0.15) is 11.5 Å². The monoisotopic (exact) mass is 189 g/mol. The number of hydrogen-bond donors (Lipinski definition) is 1. The van der Waals surface area contributed by atoms with Gasteiger partial charge in [0, 0.05) is 12.6 Å². The van der Waals surface area contributed by atoms with E-state index in [0.29, 0.717) is 5.71 Å². The zero-order valence-electron chi connectivity index (χ0n) is 8.78. The zero-order valence-corrected chi connectivity index (χ0v) is 8.78. The van der Waals surface area contributed by atoms with Crippen LogP contribution < -0.4 is 0 Å². The number of aliphatic imine (C=N–C) groups is 1. The summed E-state index contributed by atoms with van der Waals surface area (Å²) in [6, 6.07) is 0. The summed E-state index contributed by atoms with van der Waals surface area (Å²) in [6.07, 6.45) is 9.35. The molecule has 2 heteroatoms. The van der Waals surface area contributed by atoms with E-state index in [-0.39, 0.29) is 5.76 Å². The standard InChI is InChI=1S/C12H15NO/c1-9(2)7-8-10-5-4-6-11(14)12(10)13-3/h4-8,14H,1-3H3/b10-8-,13-12-. The van der Waals surface area contributed by atoms with Gasteiger partial charge in [-0.1, -0.05) is 29.9 Å². The molecule has 0 heterocycles. The highest BCUT2D eigenvalue weighted by Crippen LogP contribution is 2.13. The molecule has 0 saturated carbocycles. The van der Waals surface area contributed by atoms with Gasteiger partial charge in [-0.25, -0.2) is 0 Å². The topological polar surface area (TPSA) is 32.6 Å². The van der Waals surface area contributed by atoms with Crippen molar-refractivity contribution in [1.29, 1.82) is 0 Å². The van der Waals surface area contributed by atoms with Crippen molar-refractivity contribution < 1.29 is 5.11 Å². The van der Waals surface area contributed by atoms with Crippen molar-refractivity contribution >= 4 is 5.71 Å². The predicted molar refractivity (Wildman–Crippen MR) is 60.7 cm³/mol. The predicted octanol–water partition coefficient (Wildman–Crippen LogP) is 2.96. The minimum Gasteiger partial charge on any atom is -0.506 e. The van der Waals surface area contributed by atoms with Crippen LogP contribution in [0.25, 0.3) is 0 Å². The Bertz CT molecular complexity index is 364. The summed E-state index contributed by atoms with van der Waals surface area (Å²) in [7, 11) is 1.68. The molecule has 1 rings (SSSR count). The van der Waals surface area contributed by atoms with E-state index >= 15 is 0 Å². The van der Waals surface area contributed by atoms with Crippen molar-refractivity contribution in [2.75, 3.05) is 7.05 Å². The van der Waals surface area contributed by atoms with Crippen LogP contribution in [0, 0.1) is 0 Å². The summed E-state index contributed by atoms with van der Waals surface area (Å²) in [6.45, 7) is 4.06. The second-order valence-electron chi connectivity index (χ2n) is 3.35. The lowest BCUT2D eigenvalue weighted by molar-refractivity contribution is 0.443. The van der Waals surface area contributed by atoms with E-state index in [2.05, 4.69) is 4.99 Å². The van der Waals surface area contributed by atoms with Gasteiger partial charge in [0.15, 0.2) is 0 Å². The molecule has 0 aliphatic heterocycles. The number of rotatable bonds is 1. The van der Waals surface area contributed by atoms with Gasteiger partial charge in [0.05, 0.1) is 0 Å². The van der Waals surface area contributed by atoms with Crippen molar-refractivity contribution in [3.05, 3.63) is 47.3 Å². The lowest BCUT2D eigenvalue weighted by Gasteiger charge is -2.08. The number of hydrogen-bond acceptors (Lipinski definition) is 2. The molecule has 14 heavy (non-hydrogen) atoms. The molecule has 0 saturated heterocycles. The Balaban J connectivity index is 3.03. The summed E-state index contributed by atoms with van der Waals surface area (Å²) in [4.78, 5) is 4.04. The fourth-order valence-corrected chi connectivity index (χ4v) is 1.18. The second kappa shape index (κ2) is 4.61. The summed E-state index contributed by atoms with van der Waals surface area (Å²) < 4.78 is 0. The van der Waals surface area contributed by atoms with Gasteiger partial charge in [-0.3, -0.25) is 4.99 Å². The first-order valence-corrected chi connectivity index (χ1v) is 4.55. The maximum atomic E-state index is 9.52. The van der Waals surface area contributed by atoms with Crippen LogP contribution >= 0.6 is 0 Å². The Morgan fingerprint density at radius 2 is 2.14 bits per heavy atom. The Morgan fingerprint density at radius 3 is 2.71 bits per heavy atom. The molecule has 0 atom stereocenters. The van der Waals surface area contributed by atoms with Gasteiger partial charge >= 0.3 is 0 Å². The average molecular weight is 189 g/mol. The average Bonchev–Trinajstić information content (AvgIpc) is 2.14. The van der Waals surface area contributed by atoms with E-state index in [4.69, 9.17) is 0 Å². The summed E-state index contributed by atoms with van der Waals surface area (Å²) >= 11 is 0. The van der Waals surface area contributed by atoms with Crippen molar-refractivity contribution in [1.82, 2.24) is 0 Å². The normalized spacial score (nSPS) is 21.2. The molecule has 1 aliphatic rings. The van der Waals surface area contributed by atoms with Gasteiger partial charge < -0.3 is 5.11 Å². The highest BCUT2D eigenvalue weighted by Gasteiger charge is 2.10. The molecular weight excluding hydrogens is 174 g/mol. The van der Waals surface area contributed by atoms with Crippen LogP contribution in [0.15, 0.2) is 52.3 Å².